The first kappa shape index (κ1) is 26.3. The molecule has 2 aromatic carbocycles. The SMILES string of the molecule is CNC(=O)c1cc(Oc2ccc(N(C(N)=O)c3cc(CC(C)C)nn3-c3cccc(C)c3)c(F)c2)ccn1. The second kappa shape index (κ2) is 11.1. The van der Waals surface area contributed by atoms with Crippen LogP contribution in [0.1, 0.15) is 35.6 Å². The molecular formula is C28H29FN6O3. The molecule has 196 valence electrons. The summed E-state index contributed by atoms with van der Waals surface area (Å²) in [5.41, 5.74) is 8.34. The fourth-order valence-electron chi connectivity index (χ4n) is 4.00. The number of primary amides is 1. The molecular weight excluding hydrogens is 487 g/mol. The molecule has 38 heavy (non-hydrogen) atoms. The van der Waals surface area contributed by atoms with Gasteiger partial charge in [0.05, 0.1) is 17.1 Å². The first-order valence-corrected chi connectivity index (χ1v) is 12.1. The largest absolute Gasteiger partial charge is 0.457 e. The number of carbonyl (C=O) groups is 2. The average Bonchev–Trinajstić information content (AvgIpc) is 3.27. The number of nitrogens with two attached hydrogens (primary N) is 1. The number of aromatic nitrogens is 3. The van der Waals surface area contributed by atoms with Crippen molar-refractivity contribution < 1.29 is 18.7 Å². The predicted molar refractivity (Wildman–Crippen MR) is 143 cm³/mol. The van der Waals surface area contributed by atoms with Crippen LogP contribution in [0.15, 0.2) is 66.9 Å². The number of halogens is 1. The van der Waals surface area contributed by atoms with Gasteiger partial charge in [-0.3, -0.25) is 9.78 Å². The standard InChI is InChI=1S/C28H29FN6O3/c1-17(2)12-19-14-26(35(33-19)20-7-5-6-18(3)13-20)34(28(30)37)25-9-8-21(15-23(25)29)38-22-10-11-32-24(16-22)27(36)31-4/h5-11,13-17H,12H2,1-4H3,(H2,30,37)(H,31,36). The Morgan fingerprint density at radius 3 is 2.53 bits per heavy atom. The topological polar surface area (TPSA) is 115 Å². The number of hydrogen-bond acceptors (Lipinski definition) is 5. The maximum Gasteiger partial charge on any atom is 0.325 e. The zero-order chi connectivity index (χ0) is 27.4. The van der Waals surface area contributed by atoms with Crippen LogP contribution in [0.25, 0.3) is 5.69 Å². The van der Waals surface area contributed by atoms with Gasteiger partial charge < -0.3 is 15.8 Å². The average molecular weight is 517 g/mol. The molecule has 0 aliphatic heterocycles. The van der Waals surface area contributed by atoms with Gasteiger partial charge in [-0.2, -0.15) is 5.10 Å². The van der Waals surface area contributed by atoms with Gasteiger partial charge in [-0.05, 0) is 55.2 Å². The third-order valence-corrected chi connectivity index (χ3v) is 5.64. The van der Waals surface area contributed by atoms with Crippen LogP contribution in [-0.2, 0) is 6.42 Å². The Kier molecular flexibility index (Phi) is 7.71. The second-order valence-electron chi connectivity index (χ2n) is 9.19. The van der Waals surface area contributed by atoms with Crippen molar-refractivity contribution in [3.8, 4) is 17.2 Å². The number of hydrogen-bond donors (Lipinski definition) is 2. The molecule has 2 aromatic heterocycles. The van der Waals surface area contributed by atoms with Crippen LogP contribution in [0.2, 0.25) is 0 Å². The van der Waals surface area contributed by atoms with E-state index in [0.29, 0.717) is 29.6 Å². The number of urea groups is 1. The summed E-state index contributed by atoms with van der Waals surface area (Å²) in [6.45, 7) is 6.08. The van der Waals surface area contributed by atoms with Gasteiger partial charge in [0.2, 0.25) is 0 Å². The molecule has 0 saturated heterocycles. The summed E-state index contributed by atoms with van der Waals surface area (Å²) < 4.78 is 22.8. The zero-order valence-electron chi connectivity index (χ0n) is 21.6. The summed E-state index contributed by atoms with van der Waals surface area (Å²) in [6.07, 6.45) is 2.08. The number of nitrogens with one attached hydrogen (secondary N) is 1. The van der Waals surface area contributed by atoms with Gasteiger partial charge in [-0.1, -0.05) is 26.0 Å². The van der Waals surface area contributed by atoms with Crippen LogP contribution in [0.5, 0.6) is 11.5 Å². The number of ether oxygens (including phenoxy) is 1. The molecule has 0 bridgehead atoms. The van der Waals surface area contributed by atoms with E-state index in [0.717, 1.165) is 22.2 Å². The molecule has 10 heteroatoms. The molecule has 0 aliphatic carbocycles. The third kappa shape index (κ3) is 5.80. The van der Waals surface area contributed by atoms with Gasteiger partial charge in [-0.15, -0.1) is 0 Å². The first-order valence-electron chi connectivity index (χ1n) is 12.1. The number of amides is 3. The van der Waals surface area contributed by atoms with Crippen molar-refractivity contribution in [2.24, 2.45) is 11.7 Å². The number of rotatable bonds is 8. The van der Waals surface area contributed by atoms with E-state index in [1.807, 2.05) is 31.2 Å². The molecule has 4 rings (SSSR count). The van der Waals surface area contributed by atoms with Gasteiger partial charge in [0.25, 0.3) is 5.91 Å². The molecule has 3 N–H and O–H groups in total. The van der Waals surface area contributed by atoms with Crippen LogP contribution >= 0.6 is 0 Å². The fraction of sp³-hybridized carbons (Fsp3) is 0.214. The number of nitrogens with zero attached hydrogens (tertiary/aromatic N) is 4. The minimum absolute atomic E-state index is 0.0597. The molecule has 0 atom stereocenters. The van der Waals surface area contributed by atoms with Crippen LogP contribution in [0.3, 0.4) is 0 Å². The molecule has 3 amide bonds. The van der Waals surface area contributed by atoms with Crippen molar-refractivity contribution in [3.63, 3.8) is 0 Å². The Balaban J connectivity index is 1.73. The normalized spacial score (nSPS) is 10.9. The maximum absolute atomic E-state index is 15.5. The lowest BCUT2D eigenvalue weighted by atomic mass is 10.1. The summed E-state index contributed by atoms with van der Waals surface area (Å²) >= 11 is 0. The van der Waals surface area contributed by atoms with Crippen LogP contribution in [-0.4, -0.2) is 33.8 Å². The van der Waals surface area contributed by atoms with E-state index >= 15 is 4.39 Å². The number of anilines is 2. The lowest BCUT2D eigenvalue weighted by Crippen LogP contribution is -2.33. The van der Waals surface area contributed by atoms with Crippen LogP contribution < -0.4 is 20.7 Å². The first-order chi connectivity index (χ1) is 18.2. The Labute approximate surface area is 220 Å². The van der Waals surface area contributed by atoms with Crippen molar-refractivity contribution in [2.75, 3.05) is 11.9 Å². The highest BCUT2D eigenvalue weighted by atomic mass is 19.1. The fourth-order valence-corrected chi connectivity index (χ4v) is 4.00. The second-order valence-corrected chi connectivity index (χ2v) is 9.19. The van der Waals surface area contributed by atoms with Gasteiger partial charge in [0.15, 0.2) is 5.82 Å². The Morgan fingerprint density at radius 1 is 1.11 bits per heavy atom. The summed E-state index contributed by atoms with van der Waals surface area (Å²) in [7, 11) is 1.49. The highest BCUT2D eigenvalue weighted by Gasteiger charge is 2.25. The summed E-state index contributed by atoms with van der Waals surface area (Å²) in [6, 6.07) is 15.5. The minimum Gasteiger partial charge on any atom is -0.457 e. The number of aryl methyl sites for hydroxylation is 1. The summed E-state index contributed by atoms with van der Waals surface area (Å²) in [5.74, 6) is -0.0159. The highest BCUT2D eigenvalue weighted by Crippen LogP contribution is 2.34. The van der Waals surface area contributed by atoms with Gasteiger partial charge in [0, 0.05) is 31.4 Å². The lowest BCUT2D eigenvalue weighted by Gasteiger charge is -2.22. The molecule has 0 radical (unpaired) electrons. The monoisotopic (exact) mass is 516 g/mol. The highest BCUT2D eigenvalue weighted by molar-refractivity contribution is 5.98. The Morgan fingerprint density at radius 2 is 1.87 bits per heavy atom. The van der Waals surface area contributed by atoms with Crippen molar-refractivity contribution in [2.45, 2.75) is 27.2 Å². The van der Waals surface area contributed by atoms with Crippen LogP contribution in [0.4, 0.5) is 20.7 Å². The van der Waals surface area contributed by atoms with Crippen LogP contribution in [0, 0.1) is 18.7 Å². The molecule has 0 fully saturated rings. The van der Waals surface area contributed by atoms with Gasteiger partial charge >= 0.3 is 6.03 Å². The maximum atomic E-state index is 15.5. The van der Waals surface area contributed by atoms with Crippen molar-refractivity contribution in [3.05, 3.63) is 89.6 Å². The van der Waals surface area contributed by atoms with Gasteiger partial charge in [-0.25, -0.2) is 18.8 Å². The molecule has 9 nitrogen and oxygen atoms in total. The number of carbonyl (C=O) groups excluding carboxylic acids is 2. The Hall–Kier alpha value is -4.73. The van der Waals surface area contributed by atoms with Crippen molar-refractivity contribution in [1.29, 1.82) is 0 Å². The summed E-state index contributed by atoms with van der Waals surface area (Å²) in [5, 5.41) is 7.19. The van der Waals surface area contributed by atoms with E-state index in [9.17, 15) is 9.59 Å². The molecule has 0 spiro atoms. The van der Waals surface area contributed by atoms with Gasteiger partial charge in [0.1, 0.15) is 23.0 Å². The lowest BCUT2D eigenvalue weighted by molar-refractivity contribution is 0.0957. The molecule has 0 unspecified atom stereocenters. The third-order valence-electron chi connectivity index (χ3n) is 5.64. The number of benzene rings is 2. The zero-order valence-corrected chi connectivity index (χ0v) is 21.6. The van der Waals surface area contributed by atoms with E-state index in [2.05, 4.69) is 24.1 Å². The predicted octanol–water partition coefficient (Wildman–Crippen LogP) is 5.28. The van der Waals surface area contributed by atoms with E-state index in [1.54, 1.807) is 16.8 Å². The number of pyridine rings is 1. The molecule has 2 heterocycles. The smallest absolute Gasteiger partial charge is 0.325 e. The van der Waals surface area contributed by atoms with Crippen molar-refractivity contribution >= 4 is 23.4 Å². The molecule has 0 aliphatic rings. The van der Waals surface area contributed by atoms with E-state index in [-0.39, 0.29) is 23.0 Å². The van der Waals surface area contributed by atoms with E-state index in [4.69, 9.17) is 15.6 Å². The minimum atomic E-state index is -0.869. The molecule has 0 saturated carbocycles. The quantitative estimate of drug-likeness (QED) is 0.331. The van der Waals surface area contributed by atoms with Crippen molar-refractivity contribution in [1.82, 2.24) is 20.1 Å². The van der Waals surface area contributed by atoms with E-state index in [1.165, 1.54) is 31.4 Å². The van der Waals surface area contributed by atoms with E-state index < -0.39 is 11.8 Å². The summed E-state index contributed by atoms with van der Waals surface area (Å²) in [4.78, 5) is 29.6. The molecule has 4 aromatic rings. The Bertz CT molecular complexity index is 1480.